The molecule has 1 aromatic heterocycles. The molecule has 0 amide bonds. The van der Waals surface area contributed by atoms with Crippen LogP contribution in [-0.2, 0) is 11.7 Å². The maximum atomic E-state index is 12.8. The first kappa shape index (κ1) is 13.6. The highest BCUT2D eigenvalue weighted by atomic mass is 127. The molecule has 0 aliphatic heterocycles. The largest absolute Gasteiger partial charge is 0.481 e. The molecule has 1 heterocycles. The van der Waals surface area contributed by atoms with E-state index in [0.717, 1.165) is 0 Å². The Morgan fingerprint density at radius 3 is 2.06 bits per heavy atom. The van der Waals surface area contributed by atoms with Gasteiger partial charge in [-0.2, -0.15) is 18.3 Å². The summed E-state index contributed by atoms with van der Waals surface area (Å²) in [5.41, 5.74) is -1.38. The van der Waals surface area contributed by atoms with E-state index in [2.05, 4.69) is 5.10 Å². The number of ether oxygens (including phenoxy) is 1. The molecule has 1 rings (SSSR count). The van der Waals surface area contributed by atoms with E-state index in [4.69, 9.17) is 4.74 Å². The van der Waals surface area contributed by atoms with Crippen LogP contribution in [0.2, 0.25) is 0 Å². The van der Waals surface area contributed by atoms with E-state index in [1.165, 1.54) is 11.8 Å². The fraction of sp³-hybridized carbons (Fsp3) is 0.667. The molecule has 0 unspecified atom stereocenters. The van der Waals surface area contributed by atoms with Crippen LogP contribution in [0.4, 0.5) is 13.2 Å². The smallest absolute Gasteiger partial charge is 0.424 e. The van der Waals surface area contributed by atoms with Crippen molar-refractivity contribution >= 4 is 22.6 Å². The molecule has 3 nitrogen and oxygen atoms in total. The lowest BCUT2D eigenvalue weighted by molar-refractivity contribution is -0.139. The Morgan fingerprint density at radius 1 is 1.25 bits per heavy atom. The molecule has 7 heteroatoms. The minimum Gasteiger partial charge on any atom is -0.481 e. The summed E-state index contributed by atoms with van der Waals surface area (Å²) >= 11 is 1.56. The van der Waals surface area contributed by atoms with Crippen LogP contribution in [0.3, 0.4) is 0 Å². The van der Waals surface area contributed by atoms with Gasteiger partial charge in [0.25, 0.3) is 0 Å². The van der Waals surface area contributed by atoms with Gasteiger partial charge >= 0.3 is 6.18 Å². The average molecular weight is 348 g/mol. The Bertz CT molecular complexity index is 393. The minimum atomic E-state index is -4.45. The monoisotopic (exact) mass is 348 g/mol. The van der Waals surface area contributed by atoms with E-state index >= 15 is 0 Å². The number of alkyl halides is 3. The molecule has 0 saturated carbocycles. The van der Waals surface area contributed by atoms with Gasteiger partial charge in [-0.25, -0.2) is 4.68 Å². The normalized spacial score (nSPS) is 13.0. The second kappa shape index (κ2) is 4.08. The fourth-order valence-corrected chi connectivity index (χ4v) is 2.01. The van der Waals surface area contributed by atoms with Crippen molar-refractivity contribution in [3.63, 3.8) is 0 Å². The zero-order valence-corrected chi connectivity index (χ0v) is 11.5. The highest BCUT2D eigenvalue weighted by Crippen LogP contribution is 2.40. The molecule has 0 aliphatic rings. The Balaban J connectivity index is 3.48. The van der Waals surface area contributed by atoms with Crippen molar-refractivity contribution in [2.24, 2.45) is 0 Å². The maximum absolute atomic E-state index is 12.8. The van der Waals surface area contributed by atoms with Gasteiger partial charge in [0.2, 0.25) is 5.88 Å². The van der Waals surface area contributed by atoms with Crippen LogP contribution < -0.4 is 4.74 Å². The Morgan fingerprint density at radius 2 is 1.75 bits per heavy atom. The van der Waals surface area contributed by atoms with E-state index in [1.54, 1.807) is 43.4 Å². The average Bonchev–Trinajstić information content (AvgIpc) is 2.40. The topological polar surface area (TPSA) is 27.1 Å². The molecule has 0 fully saturated rings. The minimum absolute atomic E-state index is 0.100. The number of rotatable bonds is 1. The van der Waals surface area contributed by atoms with Gasteiger partial charge in [-0.05, 0) is 43.4 Å². The number of methoxy groups -OCH3 is 1. The summed E-state index contributed by atoms with van der Waals surface area (Å²) in [5, 5.41) is 3.88. The van der Waals surface area contributed by atoms with Crippen LogP contribution in [0.25, 0.3) is 0 Å². The van der Waals surface area contributed by atoms with Crippen LogP contribution in [0.1, 0.15) is 26.3 Å². The van der Waals surface area contributed by atoms with Crippen LogP contribution in [0.5, 0.6) is 5.88 Å². The zero-order valence-electron chi connectivity index (χ0n) is 9.31. The lowest BCUT2D eigenvalue weighted by Gasteiger charge is -2.21. The molecular weight excluding hydrogens is 336 g/mol. The number of aromatic nitrogens is 2. The van der Waals surface area contributed by atoms with Gasteiger partial charge in [-0.1, -0.05) is 0 Å². The summed E-state index contributed by atoms with van der Waals surface area (Å²) in [6, 6.07) is 0. The van der Waals surface area contributed by atoms with E-state index < -0.39 is 17.3 Å². The predicted octanol–water partition coefficient (Wildman–Crippen LogP) is 3.27. The van der Waals surface area contributed by atoms with E-state index in [-0.39, 0.29) is 9.58 Å². The molecule has 0 N–H and O–H groups in total. The molecule has 16 heavy (non-hydrogen) atoms. The van der Waals surface area contributed by atoms with E-state index in [9.17, 15) is 13.2 Å². The Labute approximate surface area is 105 Å². The van der Waals surface area contributed by atoms with Crippen LogP contribution >= 0.6 is 22.6 Å². The standard InChI is InChI=1S/C9H12F3IN2O/c1-8(2,3)15-7(16-4)5(6(13)14-15)9(10,11)12/h1-4H3. The van der Waals surface area contributed by atoms with Crippen molar-refractivity contribution in [2.75, 3.05) is 7.11 Å². The van der Waals surface area contributed by atoms with Gasteiger partial charge in [0.1, 0.15) is 3.70 Å². The van der Waals surface area contributed by atoms with Gasteiger partial charge in [-0.3, -0.25) is 0 Å². The molecule has 0 saturated heterocycles. The molecule has 92 valence electrons. The third kappa shape index (κ3) is 2.44. The third-order valence-corrected chi connectivity index (χ3v) is 2.67. The quantitative estimate of drug-likeness (QED) is 0.729. The molecular formula is C9H12F3IN2O. The second-order valence-corrected chi connectivity index (χ2v) is 5.28. The maximum Gasteiger partial charge on any atom is 0.424 e. The number of nitrogens with zero attached hydrogens (tertiary/aromatic N) is 2. The van der Waals surface area contributed by atoms with Gasteiger partial charge in [-0.15, -0.1) is 0 Å². The summed E-state index contributed by atoms with van der Waals surface area (Å²) in [5.74, 6) is -0.246. The van der Waals surface area contributed by atoms with Crippen LogP contribution in [-0.4, -0.2) is 16.9 Å². The van der Waals surface area contributed by atoms with Crippen molar-refractivity contribution < 1.29 is 17.9 Å². The van der Waals surface area contributed by atoms with Crippen molar-refractivity contribution in [1.29, 1.82) is 0 Å². The number of halogens is 4. The first-order valence-corrected chi connectivity index (χ1v) is 5.57. The number of hydrogen-bond donors (Lipinski definition) is 0. The van der Waals surface area contributed by atoms with Crippen molar-refractivity contribution in [2.45, 2.75) is 32.5 Å². The highest BCUT2D eigenvalue weighted by molar-refractivity contribution is 14.1. The SMILES string of the molecule is COc1c(C(F)(F)F)c(I)nn1C(C)(C)C. The first-order chi connectivity index (χ1) is 7.09. The molecule has 1 aromatic rings. The van der Waals surface area contributed by atoms with E-state index in [1.807, 2.05) is 0 Å². The van der Waals surface area contributed by atoms with Gasteiger partial charge in [0, 0.05) is 0 Å². The Hall–Kier alpha value is -0.470. The first-order valence-electron chi connectivity index (χ1n) is 4.49. The molecule has 0 atom stereocenters. The highest BCUT2D eigenvalue weighted by Gasteiger charge is 2.42. The lowest BCUT2D eigenvalue weighted by Crippen LogP contribution is -2.24. The summed E-state index contributed by atoms with van der Waals surface area (Å²) in [7, 11) is 1.21. The van der Waals surface area contributed by atoms with Crippen molar-refractivity contribution in [3.8, 4) is 5.88 Å². The van der Waals surface area contributed by atoms with E-state index in [0.29, 0.717) is 0 Å². The summed E-state index contributed by atoms with van der Waals surface area (Å²) < 4.78 is 44.3. The second-order valence-electron chi connectivity index (χ2n) is 4.26. The van der Waals surface area contributed by atoms with Gasteiger partial charge in [0.05, 0.1) is 12.6 Å². The van der Waals surface area contributed by atoms with Crippen molar-refractivity contribution in [1.82, 2.24) is 9.78 Å². The van der Waals surface area contributed by atoms with Gasteiger partial charge < -0.3 is 4.74 Å². The summed E-state index contributed by atoms with van der Waals surface area (Å²) in [6.07, 6.45) is -4.45. The van der Waals surface area contributed by atoms with Crippen LogP contribution in [0.15, 0.2) is 0 Å². The molecule has 0 aliphatic carbocycles. The Kier molecular flexibility index (Phi) is 3.47. The lowest BCUT2D eigenvalue weighted by atomic mass is 10.1. The summed E-state index contributed by atoms with van der Waals surface area (Å²) in [6.45, 7) is 5.29. The third-order valence-electron chi connectivity index (χ3n) is 1.91. The van der Waals surface area contributed by atoms with Crippen LogP contribution in [0, 0.1) is 3.70 Å². The molecule has 0 bridgehead atoms. The van der Waals surface area contributed by atoms with Crippen molar-refractivity contribution in [3.05, 3.63) is 9.26 Å². The molecule has 0 spiro atoms. The number of hydrogen-bond acceptors (Lipinski definition) is 2. The molecule has 0 aromatic carbocycles. The zero-order chi connectivity index (χ0) is 12.7. The van der Waals surface area contributed by atoms with Gasteiger partial charge in [0.15, 0.2) is 5.56 Å². The fourth-order valence-electron chi connectivity index (χ4n) is 1.26. The predicted molar refractivity (Wildman–Crippen MR) is 61.5 cm³/mol. The summed E-state index contributed by atoms with van der Waals surface area (Å²) in [4.78, 5) is 0. The molecule has 0 radical (unpaired) electrons.